The molecular weight excluding hydrogens is 254 g/mol. The molecule has 1 fully saturated rings. The molecule has 0 spiro atoms. The van der Waals surface area contributed by atoms with E-state index < -0.39 is 0 Å². The van der Waals surface area contributed by atoms with Gasteiger partial charge < -0.3 is 15.4 Å². The second-order valence-electron chi connectivity index (χ2n) is 5.82. The van der Waals surface area contributed by atoms with Crippen LogP contribution < -0.4 is 10.6 Å². The lowest BCUT2D eigenvalue weighted by atomic mass is 10.1. The van der Waals surface area contributed by atoms with Crippen LogP contribution >= 0.6 is 0 Å². The Morgan fingerprint density at radius 3 is 2.30 bits per heavy atom. The molecule has 0 aromatic carbocycles. The maximum absolute atomic E-state index is 9.60. The van der Waals surface area contributed by atoms with Crippen LogP contribution in [0.15, 0.2) is 18.3 Å². The molecule has 0 atom stereocenters. The smallest absolute Gasteiger partial charge is 0.293 e. The quantitative estimate of drug-likeness (QED) is 0.843. The Hall–Kier alpha value is -1.78. The van der Waals surface area contributed by atoms with Gasteiger partial charge in [0, 0.05) is 13.1 Å². The lowest BCUT2D eigenvalue weighted by Crippen LogP contribution is -2.29. The molecule has 112 valence electrons. The van der Waals surface area contributed by atoms with Gasteiger partial charge in [0.15, 0.2) is 0 Å². The van der Waals surface area contributed by atoms with Gasteiger partial charge >= 0.3 is 0 Å². The first-order valence-electron chi connectivity index (χ1n) is 7.00. The average molecular weight is 279 g/mol. The third kappa shape index (κ3) is 6.41. The number of aromatic nitrogens is 1. The van der Waals surface area contributed by atoms with Crippen molar-refractivity contribution in [2.45, 2.75) is 45.6 Å². The van der Waals surface area contributed by atoms with Gasteiger partial charge in [-0.1, -0.05) is 0 Å². The molecule has 0 radical (unpaired) electrons. The monoisotopic (exact) mass is 279 g/mol. The Morgan fingerprint density at radius 2 is 1.90 bits per heavy atom. The van der Waals surface area contributed by atoms with E-state index in [4.69, 9.17) is 5.73 Å². The highest BCUT2D eigenvalue weighted by atomic mass is 16.5. The molecule has 1 aromatic rings. The normalized spacial score (nSPS) is 15.1. The minimum absolute atomic E-state index is 0.318. The molecule has 2 N–H and O–H groups in total. The fraction of sp³-hybridized carbons (Fsp3) is 0.600. The lowest BCUT2D eigenvalue weighted by molar-refractivity contribution is -0.138. The third-order valence-electron chi connectivity index (χ3n) is 2.89. The number of carbonyl (C=O) groups is 1. The van der Waals surface area contributed by atoms with Gasteiger partial charge in [-0.25, -0.2) is 4.98 Å². The van der Waals surface area contributed by atoms with E-state index in [9.17, 15) is 4.79 Å². The van der Waals surface area contributed by atoms with Crippen LogP contribution in [0.25, 0.3) is 0 Å². The molecular formula is C15H25N3O2. The number of ether oxygens (including phenoxy) is 1. The number of nitrogens with two attached hydrogens (primary N) is 1. The topological polar surface area (TPSA) is 68.5 Å². The number of carbonyl (C=O) groups excluding carboxylic acids is 1. The zero-order valence-corrected chi connectivity index (χ0v) is 12.6. The largest absolute Gasteiger partial charge is 0.462 e. The fourth-order valence-electron chi connectivity index (χ4n) is 1.88. The van der Waals surface area contributed by atoms with E-state index in [1.807, 2.05) is 39.1 Å². The number of nitrogen functional groups attached to an aromatic ring is 1. The molecule has 20 heavy (non-hydrogen) atoms. The Morgan fingerprint density at radius 1 is 1.25 bits per heavy atom. The SMILES string of the molecule is CC(C)(C)OC=O.Nc1ccc(N2CCCCC2)cn1. The molecule has 1 aliphatic rings. The second kappa shape index (κ2) is 7.72. The molecule has 0 aliphatic carbocycles. The fourth-order valence-corrected chi connectivity index (χ4v) is 1.88. The Balaban J connectivity index is 0.000000246. The number of nitrogens with zero attached hydrogens (tertiary/aromatic N) is 2. The van der Waals surface area contributed by atoms with E-state index in [0.29, 0.717) is 12.3 Å². The van der Waals surface area contributed by atoms with Gasteiger partial charge in [-0.05, 0) is 52.2 Å². The van der Waals surface area contributed by atoms with Crippen molar-refractivity contribution in [2.75, 3.05) is 23.7 Å². The summed E-state index contributed by atoms with van der Waals surface area (Å²) in [7, 11) is 0. The van der Waals surface area contributed by atoms with Gasteiger partial charge in [0.2, 0.25) is 0 Å². The van der Waals surface area contributed by atoms with Crippen molar-refractivity contribution in [3.63, 3.8) is 0 Å². The van der Waals surface area contributed by atoms with Gasteiger partial charge in [-0.15, -0.1) is 0 Å². The van der Waals surface area contributed by atoms with Gasteiger partial charge in [0.1, 0.15) is 11.4 Å². The van der Waals surface area contributed by atoms with E-state index in [2.05, 4.69) is 14.6 Å². The number of hydrogen-bond donors (Lipinski definition) is 1. The molecule has 0 amide bonds. The van der Waals surface area contributed by atoms with E-state index >= 15 is 0 Å². The minimum atomic E-state index is -0.318. The number of hydrogen-bond acceptors (Lipinski definition) is 5. The summed E-state index contributed by atoms with van der Waals surface area (Å²) in [5, 5.41) is 0. The third-order valence-corrected chi connectivity index (χ3v) is 2.89. The van der Waals surface area contributed by atoms with Crippen LogP contribution in [-0.4, -0.2) is 30.1 Å². The van der Waals surface area contributed by atoms with Crippen LogP contribution in [0.2, 0.25) is 0 Å². The summed E-state index contributed by atoms with van der Waals surface area (Å²) in [5.41, 5.74) is 6.41. The average Bonchev–Trinajstić information content (AvgIpc) is 2.40. The molecule has 5 heteroatoms. The predicted octanol–water partition coefficient (Wildman–Crippen LogP) is 2.61. The molecule has 0 bridgehead atoms. The summed E-state index contributed by atoms with van der Waals surface area (Å²) in [5.74, 6) is 0.598. The number of pyridine rings is 1. The molecule has 1 aromatic heterocycles. The first kappa shape index (κ1) is 16.3. The Kier molecular flexibility index (Phi) is 6.28. The van der Waals surface area contributed by atoms with Crippen LogP contribution in [0.3, 0.4) is 0 Å². The summed E-state index contributed by atoms with van der Waals surface area (Å²) in [6, 6.07) is 3.91. The van der Waals surface area contributed by atoms with E-state index in [0.717, 1.165) is 13.1 Å². The molecule has 1 saturated heterocycles. The van der Waals surface area contributed by atoms with Crippen LogP contribution in [0.4, 0.5) is 11.5 Å². The minimum Gasteiger partial charge on any atom is -0.462 e. The predicted molar refractivity (Wildman–Crippen MR) is 81.6 cm³/mol. The first-order valence-corrected chi connectivity index (χ1v) is 7.00. The van der Waals surface area contributed by atoms with Gasteiger partial charge in [0.25, 0.3) is 6.47 Å². The van der Waals surface area contributed by atoms with Crippen molar-refractivity contribution < 1.29 is 9.53 Å². The number of anilines is 2. The van der Waals surface area contributed by atoms with Gasteiger partial charge in [-0.3, -0.25) is 4.79 Å². The zero-order chi connectivity index (χ0) is 15.0. The number of piperidine rings is 1. The summed E-state index contributed by atoms with van der Waals surface area (Å²) >= 11 is 0. The first-order chi connectivity index (χ1) is 9.42. The standard InChI is InChI=1S/C10H15N3.C5H10O2/c11-10-5-4-9(8-12-10)13-6-2-1-3-7-13;1-5(2,3)7-4-6/h4-5,8H,1-3,6-7H2,(H2,11,12);4H,1-3H3. The highest BCUT2D eigenvalue weighted by molar-refractivity contribution is 5.48. The van der Waals surface area contributed by atoms with E-state index in [-0.39, 0.29) is 5.60 Å². The van der Waals surface area contributed by atoms with Crippen molar-refractivity contribution in [1.29, 1.82) is 0 Å². The molecule has 5 nitrogen and oxygen atoms in total. The molecule has 1 aliphatic heterocycles. The van der Waals surface area contributed by atoms with Crippen LogP contribution in [0.5, 0.6) is 0 Å². The molecule has 2 heterocycles. The zero-order valence-electron chi connectivity index (χ0n) is 12.6. The Bertz CT molecular complexity index is 393. The summed E-state index contributed by atoms with van der Waals surface area (Å²) in [4.78, 5) is 16.1. The van der Waals surface area contributed by atoms with Crippen LogP contribution in [-0.2, 0) is 9.53 Å². The highest BCUT2D eigenvalue weighted by Crippen LogP contribution is 2.18. The molecule has 2 rings (SSSR count). The van der Waals surface area contributed by atoms with Crippen LogP contribution in [0, 0.1) is 0 Å². The van der Waals surface area contributed by atoms with Crippen molar-refractivity contribution >= 4 is 18.0 Å². The molecule has 0 unspecified atom stereocenters. The van der Waals surface area contributed by atoms with Crippen molar-refractivity contribution in [1.82, 2.24) is 4.98 Å². The van der Waals surface area contributed by atoms with Gasteiger partial charge in [-0.2, -0.15) is 0 Å². The summed E-state index contributed by atoms with van der Waals surface area (Å²) in [6.45, 7) is 8.24. The van der Waals surface area contributed by atoms with Crippen molar-refractivity contribution in [3.05, 3.63) is 18.3 Å². The lowest BCUT2D eigenvalue weighted by Gasteiger charge is -2.28. The summed E-state index contributed by atoms with van der Waals surface area (Å²) in [6.07, 6.45) is 5.81. The Labute approximate surface area is 121 Å². The summed E-state index contributed by atoms with van der Waals surface area (Å²) < 4.78 is 4.55. The maximum Gasteiger partial charge on any atom is 0.293 e. The van der Waals surface area contributed by atoms with Crippen LogP contribution in [0.1, 0.15) is 40.0 Å². The van der Waals surface area contributed by atoms with Crippen molar-refractivity contribution in [3.8, 4) is 0 Å². The van der Waals surface area contributed by atoms with Crippen molar-refractivity contribution in [2.24, 2.45) is 0 Å². The van der Waals surface area contributed by atoms with E-state index in [1.165, 1.54) is 24.9 Å². The van der Waals surface area contributed by atoms with E-state index in [1.54, 1.807) is 0 Å². The highest BCUT2D eigenvalue weighted by Gasteiger charge is 2.10. The molecule has 0 saturated carbocycles. The van der Waals surface area contributed by atoms with Gasteiger partial charge in [0.05, 0.1) is 11.9 Å². The number of rotatable bonds is 2. The maximum atomic E-state index is 9.60. The second-order valence-corrected chi connectivity index (χ2v) is 5.82.